The van der Waals surface area contributed by atoms with Crippen LogP contribution in [0, 0.1) is 0 Å². The summed E-state index contributed by atoms with van der Waals surface area (Å²) in [6.45, 7) is 6.56. The second kappa shape index (κ2) is 71.1. The Balaban J connectivity index is 4.20. The van der Waals surface area contributed by atoms with Gasteiger partial charge in [0.05, 0.1) is 0 Å². The van der Waals surface area contributed by atoms with Crippen LogP contribution in [-0.2, 0) is 28.6 Å². The number of ether oxygens (including phenoxy) is 3. The van der Waals surface area contributed by atoms with E-state index >= 15 is 0 Å². The first-order valence-electron chi connectivity index (χ1n) is 36.1. The highest BCUT2D eigenvalue weighted by molar-refractivity contribution is 5.71. The number of esters is 3. The molecule has 6 heteroatoms. The average molecular weight is 1160 g/mol. The van der Waals surface area contributed by atoms with Crippen molar-refractivity contribution < 1.29 is 28.6 Å². The Morgan fingerprint density at radius 2 is 0.470 bits per heavy atom. The van der Waals surface area contributed by atoms with Gasteiger partial charge in [0, 0.05) is 19.3 Å². The summed E-state index contributed by atoms with van der Waals surface area (Å²) in [4.78, 5) is 38.4. The molecule has 0 bridgehead atoms. The predicted molar refractivity (Wildman–Crippen MR) is 362 cm³/mol. The van der Waals surface area contributed by atoms with Crippen molar-refractivity contribution in [3.63, 3.8) is 0 Å². The first kappa shape index (κ1) is 79.6. The Bertz CT molecular complexity index is 1570. The molecule has 0 fully saturated rings. The molecule has 0 aliphatic rings. The SMILES string of the molecule is CC/C=C\C/C=C\C/C=C\C/C=C\C/C=C\C/C=C\CCCCCCCCCCCCCCCCC(=O)OCC(COC(=O)CCCCCCC/C=C\CCCCCCC)OC(=O)CCCCCCCCCCCCCCCCCCCC. The quantitative estimate of drug-likeness (QED) is 0.0261. The van der Waals surface area contributed by atoms with Gasteiger partial charge < -0.3 is 14.2 Å². The van der Waals surface area contributed by atoms with Crippen LogP contribution in [0.15, 0.2) is 85.1 Å². The van der Waals surface area contributed by atoms with Gasteiger partial charge in [-0.05, 0) is 96.3 Å². The van der Waals surface area contributed by atoms with Gasteiger partial charge >= 0.3 is 17.9 Å². The molecule has 0 amide bonds. The maximum Gasteiger partial charge on any atom is 0.306 e. The number of hydrogen-bond acceptors (Lipinski definition) is 6. The molecule has 0 saturated heterocycles. The van der Waals surface area contributed by atoms with Gasteiger partial charge in [-0.25, -0.2) is 0 Å². The first-order valence-corrected chi connectivity index (χ1v) is 36.1. The Morgan fingerprint density at radius 1 is 0.253 bits per heavy atom. The molecule has 0 aliphatic heterocycles. The fraction of sp³-hybridized carbons (Fsp3) is 0.779. The van der Waals surface area contributed by atoms with Gasteiger partial charge in [0.25, 0.3) is 0 Å². The summed E-state index contributed by atoms with van der Waals surface area (Å²) < 4.78 is 17.0. The van der Waals surface area contributed by atoms with Crippen molar-refractivity contribution in [1.29, 1.82) is 0 Å². The molecule has 6 nitrogen and oxygen atoms in total. The second-order valence-electron chi connectivity index (χ2n) is 24.1. The number of carbonyl (C=O) groups is 3. The van der Waals surface area contributed by atoms with Crippen molar-refractivity contribution in [2.24, 2.45) is 0 Å². The number of carbonyl (C=O) groups excluding carboxylic acids is 3. The molecule has 0 aromatic carbocycles. The summed E-state index contributed by atoms with van der Waals surface area (Å²) in [5, 5.41) is 0. The summed E-state index contributed by atoms with van der Waals surface area (Å²) in [5.74, 6) is -0.861. The second-order valence-corrected chi connectivity index (χ2v) is 24.1. The van der Waals surface area contributed by atoms with Gasteiger partial charge in [0.2, 0.25) is 0 Å². The van der Waals surface area contributed by atoms with Crippen molar-refractivity contribution in [3.8, 4) is 0 Å². The van der Waals surface area contributed by atoms with Gasteiger partial charge in [-0.15, -0.1) is 0 Å². The summed E-state index contributed by atoms with van der Waals surface area (Å²) in [5.41, 5.74) is 0. The van der Waals surface area contributed by atoms with E-state index in [0.29, 0.717) is 19.3 Å². The number of rotatable bonds is 66. The summed E-state index contributed by atoms with van der Waals surface area (Å²) in [6.07, 6.45) is 94.7. The highest BCUT2D eigenvalue weighted by Crippen LogP contribution is 2.18. The molecular formula is C77H136O6. The van der Waals surface area contributed by atoms with E-state index in [1.54, 1.807) is 0 Å². The normalized spacial score (nSPS) is 12.6. The third-order valence-corrected chi connectivity index (χ3v) is 15.9. The summed E-state index contributed by atoms with van der Waals surface area (Å²) in [7, 11) is 0. The molecule has 0 aromatic rings. The van der Waals surface area contributed by atoms with Crippen LogP contribution in [0.25, 0.3) is 0 Å². The molecule has 1 unspecified atom stereocenters. The van der Waals surface area contributed by atoms with E-state index in [1.807, 2.05) is 0 Å². The largest absolute Gasteiger partial charge is 0.462 e. The lowest BCUT2D eigenvalue weighted by atomic mass is 10.0. The van der Waals surface area contributed by atoms with E-state index in [2.05, 4.69) is 106 Å². The summed E-state index contributed by atoms with van der Waals surface area (Å²) >= 11 is 0. The molecule has 0 rings (SSSR count). The topological polar surface area (TPSA) is 78.9 Å². The molecular weight excluding hydrogens is 1020 g/mol. The molecule has 0 saturated carbocycles. The molecule has 480 valence electrons. The molecule has 0 heterocycles. The molecule has 0 radical (unpaired) electrons. The molecule has 0 N–H and O–H groups in total. The molecule has 0 spiro atoms. The predicted octanol–water partition coefficient (Wildman–Crippen LogP) is 25.0. The maximum atomic E-state index is 12.9. The zero-order valence-electron chi connectivity index (χ0n) is 55.2. The highest BCUT2D eigenvalue weighted by atomic mass is 16.6. The van der Waals surface area contributed by atoms with Crippen molar-refractivity contribution in [1.82, 2.24) is 0 Å². The van der Waals surface area contributed by atoms with E-state index in [0.717, 1.165) is 103 Å². The van der Waals surface area contributed by atoms with E-state index in [4.69, 9.17) is 14.2 Å². The van der Waals surface area contributed by atoms with Crippen LogP contribution >= 0.6 is 0 Å². The van der Waals surface area contributed by atoms with Gasteiger partial charge in [-0.2, -0.15) is 0 Å². The average Bonchev–Trinajstić information content (AvgIpc) is 3.49. The van der Waals surface area contributed by atoms with E-state index in [1.165, 1.54) is 225 Å². The Labute approximate surface area is 515 Å². The Kier molecular flexibility index (Phi) is 68.2. The zero-order valence-corrected chi connectivity index (χ0v) is 55.2. The number of hydrogen-bond donors (Lipinski definition) is 0. The Hall–Kier alpha value is -3.41. The molecule has 1 atom stereocenters. The van der Waals surface area contributed by atoms with Crippen molar-refractivity contribution in [3.05, 3.63) is 85.1 Å². The van der Waals surface area contributed by atoms with Crippen LogP contribution in [0.5, 0.6) is 0 Å². The number of unbranched alkanes of at least 4 members (excludes halogenated alkanes) is 41. The van der Waals surface area contributed by atoms with Crippen LogP contribution in [0.4, 0.5) is 0 Å². The van der Waals surface area contributed by atoms with Gasteiger partial charge in [0.15, 0.2) is 6.10 Å². The van der Waals surface area contributed by atoms with Crippen LogP contribution in [0.3, 0.4) is 0 Å². The minimum atomic E-state index is -0.778. The fourth-order valence-corrected chi connectivity index (χ4v) is 10.5. The standard InChI is InChI=1S/C77H136O6/c1-4-7-10-13-16-19-22-25-28-30-32-33-34-35-36-37-38-39-40-41-42-43-44-45-46-48-49-52-55-58-61-64-67-70-76(79)82-73-74(72-81-75(78)69-66-63-60-57-54-51-27-24-21-18-15-12-9-6-3)83-77(80)71-68-65-62-59-56-53-50-47-31-29-26-23-20-17-14-11-8-5-2/h7,10,16,19,24-25,27-28,32-33,35-36,38-39,74H,4-6,8-9,11-15,17-18,20-23,26,29-31,34,37,40-73H2,1-3H3/b10-7-,19-16-,27-24-,28-25-,33-32-,36-35-,39-38-. The highest BCUT2D eigenvalue weighted by Gasteiger charge is 2.19. The van der Waals surface area contributed by atoms with Gasteiger partial charge in [0.1, 0.15) is 13.2 Å². The van der Waals surface area contributed by atoms with Crippen LogP contribution in [0.1, 0.15) is 367 Å². The third kappa shape index (κ3) is 69.3. The van der Waals surface area contributed by atoms with Crippen molar-refractivity contribution in [2.75, 3.05) is 13.2 Å². The number of allylic oxidation sites excluding steroid dienone is 14. The maximum absolute atomic E-state index is 12.9. The van der Waals surface area contributed by atoms with Crippen LogP contribution < -0.4 is 0 Å². The molecule has 0 aliphatic carbocycles. The first-order chi connectivity index (χ1) is 41.0. The van der Waals surface area contributed by atoms with E-state index < -0.39 is 6.10 Å². The minimum Gasteiger partial charge on any atom is -0.462 e. The van der Waals surface area contributed by atoms with E-state index in [9.17, 15) is 14.4 Å². The Morgan fingerprint density at radius 3 is 0.747 bits per heavy atom. The monoisotopic (exact) mass is 1160 g/mol. The van der Waals surface area contributed by atoms with Crippen LogP contribution in [0.2, 0.25) is 0 Å². The van der Waals surface area contributed by atoms with Crippen molar-refractivity contribution >= 4 is 17.9 Å². The van der Waals surface area contributed by atoms with Gasteiger partial charge in [-0.1, -0.05) is 337 Å². The lowest BCUT2D eigenvalue weighted by Crippen LogP contribution is -2.30. The third-order valence-electron chi connectivity index (χ3n) is 15.9. The fourth-order valence-electron chi connectivity index (χ4n) is 10.5. The summed E-state index contributed by atoms with van der Waals surface area (Å²) in [6, 6.07) is 0. The van der Waals surface area contributed by atoms with Crippen molar-refractivity contribution in [2.45, 2.75) is 374 Å². The lowest BCUT2D eigenvalue weighted by molar-refractivity contribution is -0.167. The van der Waals surface area contributed by atoms with E-state index in [-0.39, 0.29) is 31.1 Å². The minimum absolute atomic E-state index is 0.0741. The molecule has 0 aromatic heterocycles. The van der Waals surface area contributed by atoms with Crippen LogP contribution in [-0.4, -0.2) is 37.2 Å². The van der Waals surface area contributed by atoms with Gasteiger partial charge in [-0.3, -0.25) is 14.4 Å². The molecule has 83 heavy (non-hydrogen) atoms. The smallest absolute Gasteiger partial charge is 0.306 e. The lowest BCUT2D eigenvalue weighted by Gasteiger charge is -2.18. The zero-order chi connectivity index (χ0) is 59.9.